The van der Waals surface area contributed by atoms with E-state index in [4.69, 9.17) is 9.90 Å². The first-order valence-electron chi connectivity index (χ1n) is 2.04. The van der Waals surface area contributed by atoms with Gasteiger partial charge in [-0.25, -0.2) is 4.79 Å². The van der Waals surface area contributed by atoms with Gasteiger partial charge in [-0.15, -0.1) is 0 Å². The molecule has 0 amide bonds. The largest absolute Gasteiger partial charge is 0.505 e. The van der Waals surface area contributed by atoms with Crippen molar-refractivity contribution in [3.05, 3.63) is 0 Å². The minimum atomic E-state index is -1.25. The first-order valence-corrected chi connectivity index (χ1v) is 2.04. The fourth-order valence-electron chi connectivity index (χ4n) is 0. The summed E-state index contributed by atoms with van der Waals surface area (Å²) in [7, 11) is 1.10. The van der Waals surface area contributed by atoms with Crippen LogP contribution < -0.4 is 0 Å². The van der Waals surface area contributed by atoms with Crippen LogP contribution in [0.5, 0.6) is 0 Å². The van der Waals surface area contributed by atoms with Crippen molar-refractivity contribution in [1.82, 2.24) is 0 Å². The quantitative estimate of drug-likeness (QED) is 0.474. The second kappa shape index (κ2) is 8.99. The Morgan fingerprint density at radius 2 is 1.71 bits per heavy atom. The number of methoxy groups -OCH3 is 1. The van der Waals surface area contributed by atoms with Crippen molar-refractivity contribution in [3.8, 4) is 0 Å². The van der Waals surface area contributed by atoms with Crippen LogP contribution in [0.4, 0.5) is 4.79 Å². The summed E-state index contributed by atoms with van der Waals surface area (Å²) in [5.74, 6) is 0. The first kappa shape index (κ1) is 9.55. The van der Waals surface area contributed by atoms with Gasteiger partial charge in [-0.05, 0) is 0 Å². The molecule has 0 atom stereocenters. The molecule has 0 aliphatic rings. The molecule has 0 aromatic heterocycles. The summed E-state index contributed by atoms with van der Waals surface area (Å²) in [4.78, 5) is 9.15. The molecule has 0 aliphatic heterocycles. The van der Waals surface area contributed by atoms with Gasteiger partial charge in [0.1, 0.15) is 0 Å². The van der Waals surface area contributed by atoms with Crippen LogP contribution in [-0.2, 0) is 4.74 Å². The Labute approximate surface area is 42.9 Å². The lowest BCUT2D eigenvalue weighted by molar-refractivity contribution is 0.114. The average molecular weight is 106 g/mol. The van der Waals surface area contributed by atoms with Crippen molar-refractivity contribution in [3.63, 3.8) is 0 Å². The van der Waals surface area contributed by atoms with Crippen LogP contribution in [0.2, 0.25) is 0 Å². The zero-order valence-corrected chi connectivity index (χ0v) is 4.76. The molecule has 0 bridgehead atoms. The van der Waals surface area contributed by atoms with E-state index in [-0.39, 0.29) is 0 Å². The molecule has 0 fully saturated rings. The number of hydrogen-bond donors (Lipinski definition) is 1. The lowest BCUT2D eigenvalue weighted by Gasteiger charge is -1.79. The van der Waals surface area contributed by atoms with Gasteiger partial charge in [-0.1, -0.05) is 13.8 Å². The molecule has 0 spiro atoms. The average Bonchev–Trinajstić information content (AvgIpc) is 1.73. The third-order valence-electron chi connectivity index (χ3n) is 0.175. The van der Waals surface area contributed by atoms with Crippen LogP contribution in [0.3, 0.4) is 0 Å². The van der Waals surface area contributed by atoms with E-state index in [2.05, 4.69) is 4.74 Å². The van der Waals surface area contributed by atoms with E-state index < -0.39 is 6.16 Å². The van der Waals surface area contributed by atoms with Crippen LogP contribution in [0.15, 0.2) is 0 Å². The van der Waals surface area contributed by atoms with Crippen molar-refractivity contribution < 1.29 is 14.6 Å². The highest BCUT2D eigenvalue weighted by molar-refractivity contribution is 5.56. The normalized spacial score (nSPS) is 5.57. The van der Waals surface area contributed by atoms with Gasteiger partial charge in [0.25, 0.3) is 0 Å². The maximum absolute atomic E-state index is 9.15. The van der Waals surface area contributed by atoms with E-state index in [1.165, 1.54) is 0 Å². The van der Waals surface area contributed by atoms with Crippen molar-refractivity contribution in [2.75, 3.05) is 7.11 Å². The Bertz CT molecular complexity index is 42.2. The highest BCUT2D eigenvalue weighted by Crippen LogP contribution is 1.60. The van der Waals surface area contributed by atoms with Gasteiger partial charge in [0.2, 0.25) is 0 Å². The molecule has 3 heteroatoms. The van der Waals surface area contributed by atoms with Crippen LogP contribution in [-0.4, -0.2) is 18.4 Å². The van der Waals surface area contributed by atoms with E-state index in [0.29, 0.717) is 0 Å². The number of carbonyl (C=O) groups is 1. The summed E-state index contributed by atoms with van der Waals surface area (Å²) in [5, 5.41) is 7.50. The van der Waals surface area contributed by atoms with Crippen LogP contribution in [0.1, 0.15) is 13.8 Å². The Hall–Kier alpha value is -0.730. The molecule has 1 N–H and O–H groups in total. The van der Waals surface area contributed by atoms with Gasteiger partial charge < -0.3 is 9.84 Å². The van der Waals surface area contributed by atoms with Crippen LogP contribution in [0, 0.1) is 0 Å². The monoisotopic (exact) mass is 106 g/mol. The summed E-state index contributed by atoms with van der Waals surface area (Å²) in [6, 6.07) is 0. The van der Waals surface area contributed by atoms with E-state index >= 15 is 0 Å². The summed E-state index contributed by atoms with van der Waals surface area (Å²) >= 11 is 0. The minimum Gasteiger partial charge on any atom is -0.450 e. The Balaban J connectivity index is 0. The van der Waals surface area contributed by atoms with Gasteiger partial charge in [0.05, 0.1) is 7.11 Å². The predicted molar refractivity (Wildman–Crippen MR) is 26.4 cm³/mol. The Morgan fingerprint density at radius 3 is 1.71 bits per heavy atom. The first-order chi connectivity index (χ1) is 3.27. The van der Waals surface area contributed by atoms with E-state index in [0.717, 1.165) is 7.11 Å². The maximum atomic E-state index is 9.15. The van der Waals surface area contributed by atoms with Crippen LogP contribution in [0.25, 0.3) is 0 Å². The Kier molecular flexibility index (Phi) is 12.3. The highest BCUT2D eigenvalue weighted by atomic mass is 16.6. The van der Waals surface area contributed by atoms with Crippen molar-refractivity contribution in [1.29, 1.82) is 0 Å². The van der Waals surface area contributed by atoms with Crippen LogP contribution >= 0.6 is 0 Å². The molecule has 0 radical (unpaired) electrons. The molecule has 0 aromatic rings. The van der Waals surface area contributed by atoms with E-state index in [1.54, 1.807) is 0 Å². The van der Waals surface area contributed by atoms with E-state index in [1.807, 2.05) is 13.8 Å². The summed E-state index contributed by atoms with van der Waals surface area (Å²) in [6.45, 7) is 4.00. The number of ether oxygens (including phenoxy) is 1. The molecular formula is C4H10O3. The van der Waals surface area contributed by atoms with Crippen molar-refractivity contribution >= 4 is 6.16 Å². The molecular weight excluding hydrogens is 96.0 g/mol. The van der Waals surface area contributed by atoms with E-state index in [9.17, 15) is 0 Å². The third kappa shape index (κ3) is 34.9. The summed E-state index contributed by atoms with van der Waals surface area (Å²) < 4.78 is 3.67. The van der Waals surface area contributed by atoms with Gasteiger partial charge in [-0.2, -0.15) is 0 Å². The number of rotatable bonds is 0. The second-order valence-electron chi connectivity index (χ2n) is 0.470. The third-order valence-corrected chi connectivity index (χ3v) is 0.175. The topological polar surface area (TPSA) is 46.5 Å². The SMILES string of the molecule is CC.COC(=O)O. The lowest BCUT2D eigenvalue weighted by atomic mass is 11.0. The number of carboxylic acid groups (broad SMARTS) is 1. The molecule has 7 heavy (non-hydrogen) atoms. The smallest absolute Gasteiger partial charge is 0.450 e. The molecule has 0 unspecified atom stereocenters. The van der Waals surface area contributed by atoms with Gasteiger partial charge in [0, 0.05) is 0 Å². The van der Waals surface area contributed by atoms with Crippen molar-refractivity contribution in [2.24, 2.45) is 0 Å². The summed E-state index contributed by atoms with van der Waals surface area (Å²) in [6.07, 6.45) is -1.25. The highest BCUT2D eigenvalue weighted by Gasteiger charge is 1.80. The minimum absolute atomic E-state index is 1.10. The van der Waals surface area contributed by atoms with Gasteiger partial charge in [0.15, 0.2) is 0 Å². The predicted octanol–water partition coefficient (Wildman–Crippen LogP) is 1.34. The lowest BCUT2D eigenvalue weighted by Crippen LogP contribution is -1.91. The van der Waals surface area contributed by atoms with Crippen molar-refractivity contribution in [2.45, 2.75) is 13.8 Å². The van der Waals surface area contributed by atoms with Gasteiger partial charge in [-0.3, -0.25) is 0 Å². The second-order valence-corrected chi connectivity index (χ2v) is 0.470. The molecule has 44 valence electrons. The molecule has 0 heterocycles. The molecule has 0 saturated carbocycles. The van der Waals surface area contributed by atoms with Gasteiger partial charge >= 0.3 is 6.16 Å². The number of hydrogen-bond acceptors (Lipinski definition) is 2. The zero-order valence-electron chi connectivity index (χ0n) is 4.76. The molecule has 3 nitrogen and oxygen atoms in total. The fourth-order valence-corrected chi connectivity index (χ4v) is 0. The maximum Gasteiger partial charge on any atom is 0.505 e. The molecule has 0 saturated heterocycles. The molecule has 0 rings (SSSR count). The molecule has 0 aliphatic carbocycles. The summed E-state index contributed by atoms with van der Waals surface area (Å²) in [5.41, 5.74) is 0. The zero-order chi connectivity index (χ0) is 6.28. The Morgan fingerprint density at radius 1 is 1.57 bits per heavy atom. The standard InChI is InChI=1S/C2H4O3.C2H6/c1-5-2(3)4;1-2/h1H3,(H,3,4);1-2H3. The molecule has 0 aromatic carbocycles. The fraction of sp³-hybridized carbons (Fsp3) is 0.750.